The van der Waals surface area contributed by atoms with E-state index >= 15 is 0 Å². The molecular formula is C17H22N6O. The van der Waals surface area contributed by atoms with E-state index in [0.717, 1.165) is 31.4 Å². The normalized spacial score (nSPS) is 16.5. The number of pyridine rings is 1. The number of nitrogens with one attached hydrogen (secondary N) is 2. The van der Waals surface area contributed by atoms with Crippen molar-refractivity contribution in [3.05, 3.63) is 35.8 Å². The molecule has 1 fully saturated rings. The molecule has 2 N–H and O–H groups in total. The number of aromatic nitrogens is 1. The number of rotatable bonds is 7. The first kappa shape index (κ1) is 16.3. The number of nitrogens with zero attached hydrogens (tertiary/aromatic N) is 4. The van der Waals surface area contributed by atoms with E-state index in [1.165, 1.54) is 19.4 Å². The SMILES string of the molecule is CN(CCN1C=C(c2cc(C(=O)NC#N)ccn2)NC1)CC1CC1. The molecule has 0 unspecified atom stereocenters. The Labute approximate surface area is 142 Å². The minimum Gasteiger partial charge on any atom is -0.365 e. The monoisotopic (exact) mass is 326 g/mol. The number of carbonyl (C=O) groups excluding carboxylic acids is 1. The molecule has 1 aliphatic heterocycles. The van der Waals surface area contributed by atoms with E-state index in [1.807, 2.05) is 6.20 Å². The Kier molecular flexibility index (Phi) is 4.96. The predicted octanol–water partition coefficient (Wildman–Crippen LogP) is 0.795. The Hall–Kier alpha value is -2.59. The highest BCUT2D eigenvalue weighted by Gasteiger charge is 2.23. The maximum Gasteiger partial charge on any atom is 0.264 e. The van der Waals surface area contributed by atoms with Crippen LogP contribution in [0.5, 0.6) is 0 Å². The van der Waals surface area contributed by atoms with Crippen molar-refractivity contribution in [3.8, 4) is 6.19 Å². The molecule has 2 aliphatic rings. The molecule has 2 heterocycles. The lowest BCUT2D eigenvalue weighted by molar-refractivity contribution is 0.0972. The number of hydrogen-bond donors (Lipinski definition) is 2. The molecule has 1 saturated carbocycles. The zero-order valence-electron chi connectivity index (χ0n) is 13.8. The van der Waals surface area contributed by atoms with E-state index in [0.29, 0.717) is 11.3 Å². The van der Waals surface area contributed by atoms with Crippen LogP contribution in [0, 0.1) is 17.4 Å². The van der Waals surface area contributed by atoms with Crippen molar-refractivity contribution in [1.82, 2.24) is 25.4 Å². The fraction of sp³-hybridized carbons (Fsp3) is 0.471. The molecule has 1 aromatic rings. The highest BCUT2D eigenvalue weighted by Crippen LogP contribution is 2.29. The first-order valence-electron chi connectivity index (χ1n) is 8.20. The van der Waals surface area contributed by atoms with Gasteiger partial charge in [0.2, 0.25) is 0 Å². The van der Waals surface area contributed by atoms with Crippen LogP contribution in [0.25, 0.3) is 5.70 Å². The Morgan fingerprint density at radius 3 is 3.17 bits per heavy atom. The van der Waals surface area contributed by atoms with Crippen LogP contribution in [0.15, 0.2) is 24.5 Å². The number of amides is 1. The molecule has 7 heteroatoms. The summed E-state index contributed by atoms with van der Waals surface area (Å²) in [6.45, 7) is 3.91. The van der Waals surface area contributed by atoms with Gasteiger partial charge in [-0.2, -0.15) is 5.26 Å². The molecule has 0 aromatic carbocycles. The van der Waals surface area contributed by atoms with Crippen molar-refractivity contribution in [1.29, 1.82) is 5.26 Å². The van der Waals surface area contributed by atoms with Crippen LogP contribution >= 0.6 is 0 Å². The van der Waals surface area contributed by atoms with Crippen molar-refractivity contribution in [3.63, 3.8) is 0 Å². The van der Waals surface area contributed by atoms with Gasteiger partial charge in [0.1, 0.15) is 0 Å². The molecule has 1 aromatic heterocycles. The van der Waals surface area contributed by atoms with E-state index in [1.54, 1.807) is 24.5 Å². The predicted molar refractivity (Wildman–Crippen MR) is 90.2 cm³/mol. The van der Waals surface area contributed by atoms with Gasteiger partial charge in [-0.1, -0.05) is 0 Å². The summed E-state index contributed by atoms with van der Waals surface area (Å²) in [4.78, 5) is 20.6. The summed E-state index contributed by atoms with van der Waals surface area (Å²) in [6.07, 6.45) is 8.02. The zero-order chi connectivity index (χ0) is 16.9. The average molecular weight is 326 g/mol. The molecule has 0 bridgehead atoms. The molecule has 7 nitrogen and oxygen atoms in total. The minimum absolute atomic E-state index is 0.418. The van der Waals surface area contributed by atoms with Gasteiger partial charge in [-0.05, 0) is 37.9 Å². The average Bonchev–Trinajstić information content (AvgIpc) is 3.27. The van der Waals surface area contributed by atoms with Gasteiger partial charge in [0, 0.05) is 37.6 Å². The van der Waals surface area contributed by atoms with Crippen LogP contribution in [0.1, 0.15) is 28.9 Å². The summed E-state index contributed by atoms with van der Waals surface area (Å²) >= 11 is 0. The van der Waals surface area contributed by atoms with Gasteiger partial charge in [0.25, 0.3) is 5.91 Å². The van der Waals surface area contributed by atoms with Crippen molar-refractivity contribution in [2.24, 2.45) is 5.92 Å². The molecule has 0 atom stereocenters. The second kappa shape index (κ2) is 7.32. The molecular weight excluding hydrogens is 304 g/mol. The molecule has 126 valence electrons. The van der Waals surface area contributed by atoms with E-state index < -0.39 is 5.91 Å². The van der Waals surface area contributed by atoms with Crippen molar-refractivity contribution in [2.45, 2.75) is 12.8 Å². The Morgan fingerprint density at radius 1 is 1.58 bits per heavy atom. The summed E-state index contributed by atoms with van der Waals surface area (Å²) in [5.41, 5.74) is 2.02. The van der Waals surface area contributed by atoms with Crippen LogP contribution in [0.4, 0.5) is 0 Å². The van der Waals surface area contributed by atoms with Crippen molar-refractivity contribution < 1.29 is 4.79 Å². The van der Waals surface area contributed by atoms with Crippen LogP contribution in [-0.2, 0) is 0 Å². The van der Waals surface area contributed by atoms with Gasteiger partial charge in [0.05, 0.1) is 18.1 Å². The molecule has 1 amide bonds. The van der Waals surface area contributed by atoms with Crippen LogP contribution in [0.3, 0.4) is 0 Å². The van der Waals surface area contributed by atoms with E-state index in [9.17, 15) is 4.79 Å². The fourth-order valence-corrected chi connectivity index (χ4v) is 2.73. The van der Waals surface area contributed by atoms with Gasteiger partial charge in [-0.15, -0.1) is 0 Å². The smallest absolute Gasteiger partial charge is 0.264 e. The fourth-order valence-electron chi connectivity index (χ4n) is 2.73. The Morgan fingerprint density at radius 2 is 2.42 bits per heavy atom. The molecule has 0 saturated heterocycles. The second-order valence-electron chi connectivity index (χ2n) is 6.39. The number of likely N-dealkylation sites (N-methyl/N-ethyl adjacent to an activating group) is 1. The van der Waals surface area contributed by atoms with E-state index in [4.69, 9.17) is 5.26 Å². The summed E-state index contributed by atoms with van der Waals surface area (Å²) in [7, 11) is 2.17. The summed E-state index contributed by atoms with van der Waals surface area (Å²) in [6, 6.07) is 3.28. The molecule has 1 aliphatic carbocycles. The highest BCUT2D eigenvalue weighted by atomic mass is 16.1. The topological polar surface area (TPSA) is 84.3 Å². The zero-order valence-corrected chi connectivity index (χ0v) is 13.8. The second-order valence-corrected chi connectivity index (χ2v) is 6.39. The summed E-state index contributed by atoms with van der Waals surface area (Å²) in [5.74, 6) is 0.489. The van der Waals surface area contributed by atoms with Crippen LogP contribution in [0.2, 0.25) is 0 Å². The summed E-state index contributed by atoms with van der Waals surface area (Å²) in [5, 5.41) is 14.0. The van der Waals surface area contributed by atoms with E-state index in [2.05, 4.69) is 32.5 Å². The van der Waals surface area contributed by atoms with Crippen LogP contribution in [-0.4, -0.2) is 54.0 Å². The number of carbonyl (C=O) groups is 1. The lowest BCUT2D eigenvalue weighted by Gasteiger charge is -2.20. The number of hydrogen-bond acceptors (Lipinski definition) is 6. The highest BCUT2D eigenvalue weighted by molar-refractivity contribution is 5.95. The van der Waals surface area contributed by atoms with Gasteiger partial charge in [-0.3, -0.25) is 15.1 Å². The quantitative estimate of drug-likeness (QED) is 0.569. The largest absolute Gasteiger partial charge is 0.365 e. The molecule has 0 radical (unpaired) electrons. The maximum atomic E-state index is 11.7. The minimum atomic E-state index is -0.418. The lowest BCUT2D eigenvalue weighted by atomic mass is 10.2. The number of nitriles is 1. The Bertz CT molecular complexity index is 676. The van der Waals surface area contributed by atoms with Gasteiger partial charge in [-0.25, -0.2) is 0 Å². The molecule has 24 heavy (non-hydrogen) atoms. The third-order valence-electron chi connectivity index (χ3n) is 4.29. The lowest BCUT2D eigenvalue weighted by Crippen LogP contribution is -2.32. The van der Waals surface area contributed by atoms with E-state index in [-0.39, 0.29) is 0 Å². The molecule has 0 spiro atoms. The van der Waals surface area contributed by atoms with Crippen molar-refractivity contribution in [2.75, 3.05) is 33.4 Å². The first-order valence-corrected chi connectivity index (χ1v) is 8.20. The van der Waals surface area contributed by atoms with Gasteiger partial charge < -0.3 is 15.1 Å². The standard InChI is InChI=1S/C17H22N6O/c1-22(9-13-2-3-13)6-7-23-10-16(21-12-23)15-8-14(4-5-19-15)17(24)20-11-18/h4-5,8,10,13,21H,2-3,6-7,9,12H2,1H3,(H,20,24). The first-order chi connectivity index (χ1) is 11.7. The Balaban J connectivity index is 1.57. The van der Waals surface area contributed by atoms with Crippen molar-refractivity contribution >= 4 is 11.6 Å². The van der Waals surface area contributed by atoms with Gasteiger partial charge >= 0.3 is 0 Å². The molecule has 3 rings (SSSR count). The third kappa shape index (κ3) is 4.24. The van der Waals surface area contributed by atoms with Crippen LogP contribution < -0.4 is 10.6 Å². The summed E-state index contributed by atoms with van der Waals surface area (Å²) < 4.78 is 0. The third-order valence-corrected chi connectivity index (χ3v) is 4.29. The van der Waals surface area contributed by atoms with Gasteiger partial charge in [0.15, 0.2) is 6.19 Å². The maximum absolute atomic E-state index is 11.7.